The van der Waals surface area contributed by atoms with E-state index in [-0.39, 0.29) is 0 Å². The van der Waals surface area contributed by atoms with Gasteiger partial charge in [-0.05, 0) is 46.2 Å². The molecule has 0 aromatic carbocycles. The molecule has 0 aliphatic heterocycles. The van der Waals surface area contributed by atoms with Gasteiger partial charge in [-0.15, -0.1) is 0 Å². The molecule has 1 atom stereocenters. The molecule has 0 bridgehead atoms. The van der Waals surface area contributed by atoms with Crippen molar-refractivity contribution in [1.29, 1.82) is 0 Å². The Labute approximate surface area is 122 Å². The van der Waals surface area contributed by atoms with Gasteiger partial charge in [0.25, 0.3) is 0 Å². The number of hydrogen-bond acceptors (Lipinski definition) is 4. The fourth-order valence-electron chi connectivity index (χ4n) is 2.01. The van der Waals surface area contributed by atoms with Gasteiger partial charge in [0.05, 0.1) is 6.54 Å². The highest BCUT2D eigenvalue weighted by atomic mass is 32.2. The van der Waals surface area contributed by atoms with E-state index in [4.69, 9.17) is 4.42 Å². The molecular formula is C15H28N2OS. The van der Waals surface area contributed by atoms with Gasteiger partial charge in [0.1, 0.15) is 11.5 Å². The Kier molecular flexibility index (Phi) is 7.57. The number of aryl methyl sites for hydroxylation is 1. The zero-order chi connectivity index (χ0) is 14.3. The van der Waals surface area contributed by atoms with Crippen LogP contribution < -0.4 is 5.32 Å². The predicted octanol–water partition coefficient (Wildman–Crippen LogP) is 3.27. The fourth-order valence-corrected chi connectivity index (χ4v) is 2.75. The second-order valence-corrected chi connectivity index (χ2v) is 6.10. The van der Waals surface area contributed by atoms with Crippen LogP contribution in [0.2, 0.25) is 0 Å². The highest BCUT2D eigenvalue weighted by molar-refractivity contribution is 7.98. The van der Waals surface area contributed by atoms with Crippen LogP contribution in [0.1, 0.15) is 37.4 Å². The van der Waals surface area contributed by atoms with Gasteiger partial charge >= 0.3 is 0 Å². The average molecular weight is 284 g/mol. The van der Waals surface area contributed by atoms with E-state index >= 15 is 0 Å². The van der Waals surface area contributed by atoms with E-state index in [2.05, 4.69) is 50.4 Å². The molecule has 0 aliphatic rings. The maximum Gasteiger partial charge on any atom is 0.118 e. The number of furan rings is 1. The zero-order valence-electron chi connectivity index (χ0n) is 13.0. The van der Waals surface area contributed by atoms with Gasteiger partial charge in [-0.25, -0.2) is 0 Å². The maximum absolute atomic E-state index is 5.81. The lowest BCUT2D eigenvalue weighted by atomic mass is 10.2. The van der Waals surface area contributed by atoms with Crippen molar-refractivity contribution < 1.29 is 4.42 Å². The minimum atomic E-state index is 0.589. The predicted molar refractivity (Wildman–Crippen MR) is 84.8 cm³/mol. The van der Waals surface area contributed by atoms with Gasteiger partial charge in [0.2, 0.25) is 0 Å². The molecule has 1 heterocycles. The normalized spacial score (nSPS) is 13.2. The van der Waals surface area contributed by atoms with E-state index in [1.54, 1.807) is 0 Å². The Hall–Kier alpha value is -0.450. The highest BCUT2D eigenvalue weighted by Gasteiger charge is 2.13. The molecule has 0 saturated carbocycles. The SMILES string of the molecule is CCCNCc1cc(CN(C)C(C)CSC)c(C)o1. The van der Waals surface area contributed by atoms with Crippen LogP contribution in [0.25, 0.3) is 0 Å². The van der Waals surface area contributed by atoms with Gasteiger partial charge in [-0.3, -0.25) is 4.90 Å². The summed E-state index contributed by atoms with van der Waals surface area (Å²) in [4.78, 5) is 2.39. The van der Waals surface area contributed by atoms with Crippen LogP contribution in [0.15, 0.2) is 10.5 Å². The summed E-state index contributed by atoms with van der Waals surface area (Å²) < 4.78 is 5.81. The Morgan fingerprint density at radius 2 is 2.21 bits per heavy atom. The summed E-state index contributed by atoms with van der Waals surface area (Å²) >= 11 is 1.90. The first-order valence-electron chi connectivity index (χ1n) is 7.06. The molecule has 1 N–H and O–H groups in total. The molecule has 0 spiro atoms. The molecule has 1 unspecified atom stereocenters. The number of nitrogens with one attached hydrogen (secondary N) is 1. The Morgan fingerprint density at radius 3 is 2.84 bits per heavy atom. The fraction of sp³-hybridized carbons (Fsp3) is 0.733. The van der Waals surface area contributed by atoms with Crippen molar-refractivity contribution in [2.24, 2.45) is 0 Å². The Bertz CT molecular complexity index is 365. The largest absolute Gasteiger partial charge is 0.465 e. The van der Waals surface area contributed by atoms with Gasteiger partial charge in [-0.2, -0.15) is 11.8 Å². The lowest BCUT2D eigenvalue weighted by Gasteiger charge is -2.23. The quantitative estimate of drug-likeness (QED) is 0.705. The van der Waals surface area contributed by atoms with E-state index in [9.17, 15) is 0 Å². The van der Waals surface area contributed by atoms with Crippen LogP contribution in [0, 0.1) is 6.92 Å². The molecule has 1 rings (SSSR count). The van der Waals surface area contributed by atoms with Crippen LogP contribution in [-0.4, -0.2) is 36.5 Å². The van der Waals surface area contributed by atoms with Gasteiger partial charge in [-0.1, -0.05) is 6.92 Å². The van der Waals surface area contributed by atoms with Crippen LogP contribution in [0.4, 0.5) is 0 Å². The minimum Gasteiger partial charge on any atom is -0.465 e. The molecule has 110 valence electrons. The summed E-state index contributed by atoms with van der Waals surface area (Å²) in [5.74, 6) is 3.27. The molecule has 0 aliphatic carbocycles. The molecule has 4 heteroatoms. The first kappa shape index (κ1) is 16.6. The average Bonchev–Trinajstić information content (AvgIpc) is 2.70. The third-order valence-corrected chi connectivity index (χ3v) is 4.19. The number of nitrogens with zero attached hydrogens (tertiary/aromatic N) is 1. The van der Waals surface area contributed by atoms with E-state index in [0.29, 0.717) is 6.04 Å². The molecule has 1 aromatic rings. The first-order valence-corrected chi connectivity index (χ1v) is 8.45. The zero-order valence-corrected chi connectivity index (χ0v) is 13.8. The molecule has 0 amide bonds. The second-order valence-electron chi connectivity index (χ2n) is 5.19. The van der Waals surface area contributed by atoms with E-state index in [0.717, 1.165) is 43.3 Å². The van der Waals surface area contributed by atoms with Crippen molar-refractivity contribution in [3.63, 3.8) is 0 Å². The van der Waals surface area contributed by atoms with E-state index in [1.165, 1.54) is 5.56 Å². The molecule has 19 heavy (non-hydrogen) atoms. The lowest BCUT2D eigenvalue weighted by molar-refractivity contribution is 0.268. The summed E-state index contributed by atoms with van der Waals surface area (Å²) in [6.07, 6.45) is 3.31. The van der Waals surface area contributed by atoms with Crippen LogP contribution >= 0.6 is 11.8 Å². The molecule has 0 fully saturated rings. The summed E-state index contributed by atoms with van der Waals surface area (Å²) in [5.41, 5.74) is 1.31. The Balaban J connectivity index is 2.53. The van der Waals surface area contributed by atoms with Crippen LogP contribution in [-0.2, 0) is 13.1 Å². The smallest absolute Gasteiger partial charge is 0.118 e. The van der Waals surface area contributed by atoms with Crippen molar-refractivity contribution in [2.45, 2.75) is 46.3 Å². The topological polar surface area (TPSA) is 28.4 Å². The highest BCUT2D eigenvalue weighted by Crippen LogP contribution is 2.18. The second kappa shape index (κ2) is 8.67. The van der Waals surface area contributed by atoms with Crippen molar-refractivity contribution in [3.8, 4) is 0 Å². The van der Waals surface area contributed by atoms with Crippen molar-refractivity contribution >= 4 is 11.8 Å². The molecular weight excluding hydrogens is 256 g/mol. The monoisotopic (exact) mass is 284 g/mol. The number of rotatable bonds is 9. The molecule has 1 aromatic heterocycles. The van der Waals surface area contributed by atoms with Crippen molar-refractivity contribution in [2.75, 3.05) is 25.6 Å². The standard InChI is InChI=1S/C15H28N2OS/c1-6-7-16-9-15-8-14(13(3)18-15)10-17(4)12(2)11-19-5/h8,12,16H,6-7,9-11H2,1-5H3. The molecule has 0 saturated heterocycles. The summed E-state index contributed by atoms with van der Waals surface area (Å²) in [7, 11) is 2.18. The first-order chi connectivity index (χ1) is 9.08. The van der Waals surface area contributed by atoms with Crippen molar-refractivity contribution in [3.05, 3.63) is 23.2 Å². The summed E-state index contributed by atoms with van der Waals surface area (Å²) in [6.45, 7) is 9.35. The third kappa shape index (κ3) is 5.59. The summed E-state index contributed by atoms with van der Waals surface area (Å²) in [5, 5.41) is 3.38. The number of hydrogen-bond donors (Lipinski definition) is 1. The lowest BCUT2D eigenvalue weighted by Crippen LogP contribution is -2.30. The van der Waals surface area contributed by atoms with Crippen LogP contribution in [0.3, 0.4) is 0 Å². The summed E-state index contributed by atoms with van der Waals surface area (Å²) in [6, 6.07) is 2.78. The van der Waals surface area contributed by atoms with Gasteiger partial charge in [0.15, 0.2) is 0 Å². The molecule has 0 radical (unpaired) electrons. The van der Waals surface area contributed by atoms with Crippen LogP contribution in [0.5, 0.6) is 0 Å². The Morgan fingerprint density at radius 1 is 1.47 bits per heavy atom. The molecule has 3 nitrogen and oxygen atoms in total. The van der Waals surface area contributed by atoms with E-state index in [1.807, 2.05) is 11.8 Å². The van der Waals surface area contributed by atoms with Gasteiger partial charge < -0.3 is 9.73 Å². The maximum atomic E-state index is 5.81. The van der Waals surface area contributed by atoms with Crippen molar-refractivity contribution in [1.82, 2.24) is 10.2 Å². The number of thioether (sulfide) groups is 1. The van der Waals surface area contributed by atoms with E-state index < -0.39 is 0 Å². The third-order valence-electron chi connectivity index (χ3n) is 3.38. The van der Waals surface area contributed by atoms with Gasteiger partial charge in [0, 0.05) is 23.9 Å². The minimum absolute atomic E-state index is 0.589.